The van der Waals surface area contributed by atoms with Gasteiger partial charge in [0.2, 0.25) is 5.89 Å². The average Bonchev–Trinajstić information content (AvgIpc) is 2.97. The van der Waals surface area contributed by atoms with E-state index in [9.17, 15) is 13.2 Å². The van der Waals surface area contributed by atoms with E-state index in [0.717, 1.165) is 37.9 Å². The fraction of sp³-hybridized carbons (Fsp3) is 0.875. The number of aromatic nitrogens is 2. The molecule has 0 aromatic carbocycles. The van der Waals surface area contributed by atoms with Crippen molar-refractivity contribution in [1.82, 2.24) is 20.4 Å². The summed E-state index contributed by atoms with van der Waals surface area (Å²) < 4.78 is 42.4. The Morgan fingerprint density at radius 2 is 2.04 bits per heavy atom. The summed E-state index contributed by atoms with van der Waals surface area (Å²) in [6.45, 7) is 4.88. The van der Waals surface area contributed by atoms with Gasteiger partial charge in [-0.25, -0.2) is 0 Å². The molecule has 0 radical (unpaired) electrons. The normalized spacial score (nSPS) is 18.9. The molecule has 0 amide bonds. The second-order valence-electron chi connectivity index (χ2n) is 6.61. The van der Waals surface area contributed by atoms with Gasteiger partial charge in [-0.05, 0) is 45.2 Å². The van der Waals surface area contributed by atoms with Gasteiger partial charge in [0.25, 0.3) is 0 Å². The molecule has 2 rings (SSSR count). The highest BCUT2D eigenvalue weighted by Gasteiger charge is 2.33. The predicted molar refractivity (Wildman–Crippen MR) is 84.4 cm³/mol. The first-order valence-corrected chi connectivity index (χ1v) is 8.71. The number of nitrogens with one attached hydrogen (secondary N) is 1. The molecule has 1 aromatic heterocycles. The van der Waals surface area contributed by atoms with Crippen LogP contribution < -0.4 is 5.32 Å². The van der Waals surface area contributed by atoms with Gasteiger partial charge in [0.05, 0.1) is 13.1 Å². The monoisotopic (exact) mass is 348 g/mol. The maximum Gasteiger partial charge on any atom is 0.401 e. The Hall–Kier alpha value is -1.15. The zero-order valence-corrected chi connectivity index (χ0v) is 14.4. The Labute approximate surface area is 141 Å². The Morgan fingerprint density at radius 1 is 1.33 bits per heavy atom. The summed E-state index contributed by atoms with van der Waals surface area (Å²) in [7, 11) is 0. The van der Waals surface area contributed by atoms with Gasteiger partial charge in [0.1, 0.15) is 0 Å². The Balaban J connectivity index is 1.70. The topological polar surface area (TPSA) is 54.2 Å². The van der Waals surface area contributed by atoms with E-state index in [1.54, 1.807) is 0 Å². The SMILES string of the molecule is CCCCc1noc(CNC(C)C2CCN(CC(F)(F)F)CC2)n1. The molecule has 0 saturated carbocycles. The van der Waals surface area contributed by atoms with E-state index in [2.05, 4.69) is 29.3 Å². The maximum absolute atomic E-state index is 12.4. The van der Waals surface area contributed by atoms with E-state index in [0.29, 0.717) is 31.4 Å². The summed E-state index contributed by atoms with van der Waals surface area (Å²) in [4.78, 5) is 5.83. The zero-order valence-electron chi connectivity index (χ0n) is 14.4. The van der Waals surface area contributed by atoms with Crippen LogP contribution in [0.5, 0.6) is 0 Å². The van der Waals surface area contributed by atoms with E-state index >= 15 is 0 Å². The molecule has 138 valence electrons. The van der Waals surface area contributed by atoms with Crippen LogP contribution in [0, 0.1) is 5.92 Å². The highest BCUT2D eigenvalue weighted by molar-refractivity contribution is 4.88. The molecule has 2 heterocycles. The number of hydrogen-bond acceptors (Lipinski definition) is 5. The fourth-order valence-electron chi connectivity index (χ4n) is 3.08. The number of aryl methyl sites for hydroxylation is 1. The molecule has 0 aliphatic carbocycles. The van der Waals surface area contributed by atoms with Gasteiger partial charge in [-0.2, -0.15) is 18.2 Å². The number of hydrogen-bond donors (Lipinski definition) is 1. The van der Waals surface area contributed by atoms with Gasteiger partial charge in [0, 0.05) is 12.5 Å². The van der Waals surface area contributed by atoms with Crippen LogP contribution in [0.25, 0.3) is 0 Å². The van der Waals surface area contributed by atoms with Gasteiger partial charge >= 0.3 is 6.18 Å². The molecule has 1 atom stereocenters. The quantitative estimate of drug-likeness (QED) is 0.782. The molecule has 1 aliphatic rings. The molecule has 8 heteroatoms. The van der Waals surface area contributed by atoms with Gasteiger partial charge in [0.15, 0.2) is 5.82 Å². The zero-order chi connectivity index (χ0) is 17.6. The molecular formula is C16H27F3N4O. The molecule has 1 saturated heterocycles. The first-order valence-electron chi connectivity index (χ1n) is 8.71. The number of unbranched alkanes of at least 4 members (excludes halogenated alkanes) is 1. The molecule has 1 aromatic rings. The van der Waals surface area contributed by atoms with Crippen LogP contribution in [-0.2, 0) is 13.0 Å². The molecule has 1 N–H and O–H groups in total. The third-order valence-electron chi connectivity index (χ3n) is 4.58. The minimum atomic E-state index is -4.11. The summed E-state index contributed by atoms with van der Waals surface area (Å²) in [6, 6.07) is 0.212. The number of alkyl halides is 3. The largest absolute Gasteiger partial charge is 0.401 e. The van der Waals surface area contributed by atoms with Crippen LogP contribution in [0.4, 0.5) is 13.2 Å². The van der Waals surface area contributed by atoms with Crippen molar-refractivity contribution in [3.63, 3.8) is 0 Å². The van der Waals surface area contributed by atoms with Crippen LogP contribution in [0.3, 0.4) is 0 Å². The molecule has 0 spiro atoms. The van der Waals surface area contributed by atoms with Crippen molar-refractivity contribution in [3.8, 4) is 0 Å². The number of halogens is 3. The fourth-order valence-corrected chi connectivity index (χ4v) is 3.08. The molecule has 1 unspecified atom stereocenters. The van der Waals surface area contributed by atoms with E-state index in [1.807, 2.05) is 0 Å². The smallest absolute Gasteiger partial charge is 0.338 e. The van der Waals surface area contributed by atoms with Gasteiger partial charge in [-0.3, -0.25) is 4.90 Å². The van der Waals surface area contributed by atoms with Crippen LogP contribution in [0.2, 0.25) is 0 Å². The van der Waals surface area contributed by atoms with Crippen LogP contribution >= 0.6 is 0 Å². The van der Waals surface area contributed by atoms with Gasteiger partial charge < -0.3 is 9.84 Å². The lowest BCUT2D eigenvalue weighted by molar-refractivity contribution is -0.148. The van der Waals surface area contributed by atoms with Crippen LogP contribution in [0.1, 0.15) is 51.2 Å². The Bertz CT molecular complexity index is 484. The number of rotatable bonds is 8. The number of likely N-dealkylation sites (tertiary alicyclic amines) is 1. The Kier molecular flexibility index (Phi) is 7.03. The Morgan fingerprint density at radius 3 is 2.67 bits per heavy atom. The predicted octanol–water partition coefficient (Wildman–Crippen LogP) is 3.16. The summed E-state index contributed by atoms with van der Waals surface area (Å²) >= 11 is 0. The summed E-state index contributed by atoms with van der Waals surface area (Å²) in [5.74, 6) is 1.68. The van der Waals surface area contributed by atoms with Crippen molar-refractivity contribution in [3.05, 3.63) is 11.7 Å². The molecule has 0 bridgehead atoms. The van der Waals surface area contributed by atoms with E-state index < -0.39 is 12.7 Å². The lowest BCUT2D eigenvalue weighted by atomic mass is 9.90. The van der Waals surface area contributed by atoms with Crippen molar-refractivity contribution in [2.75, 3.05) is 19.6 Å². The lowest BCUT2D eigenvalue weighted by Crippen LogP contribution is -2.44. The van der Waals surface area contributed by atoms with Crippen LogP contribution in [0.15, 0.2) is 4.52 Å². The summed E-state index contributed by atoms with van der Waals surface area (Å²) in [5.41, 5.74) is 0. The van der Waals surface area contributed by atoms with Crippen molar-refractivity contribution in [1.29, 1.82) is 0 Å². The second-order valence-corrected chi connectivity index (χ2v) is 6.61. The van der Waals surface area contributed by atoms with E-state index in [1.165, 1.54) is 4.90 Å². The summed E-state index contributed by atoms with van der Waals surface area (Å²) in [6.07, 6.45) is 0.397. The highest BCUT2D eigenvalue weighted by atomic mass is 19.4. The van der Waals surface area contributed by atoms with Crippen molar-refractivity contribution in [2.24, 2.45) is 5.92 Å². The second kappa shape index (κ2) is 8.80. The summed E-state index contributed by atoms with van der Waals surface area (Å²) in [5, 5.41) is 7.31. The first-order chi connectivity index (χ1) is 11.4. The third-order valence-corrected chi connectivity index (χ3v) is 4.58. The standard InChI is InChI=1S/C16H27F3N4O/c1-3-4-5-14-21-15(24-22-14)10-20-12(2)13-6-8-23(9-7-13)11-16(17,18)19/h12-13,20H,3-11H2,1-2H3. The molecular weight excluding hydrogens is 321 g/mol. The number of nitrogens with zero attached hydrogens (tertiary/aromatic N) is 3. The molecule has 24 heavy (non-hydrogen) atoms. The first kappa shape index (κ1) is 19.2. The van der Waals surface area contributed by atoms with E-state index in [-0.39, 0.29) is 6.04 Å². The lowest BCUT2D eigenvalue weighted by Gasteiger charge is -2.35. The van der Waals surface area contributed by atoms with Crippen LogP contribution in [-0.4, -0.2) is 46.9 Å². The molecule has 5 nitrogen and oxygen atoms in total. The molecule has 1 aliphatic heterocycles. The number of piperidine rings is 1. The minimum absolute atomic E-state index is 0.212. The van der Waals surface area contributed by atoms with Crippen molar-refractivity contribution >= 4 is 0 Å². The third kappa shape index (κ3) is 6.39. The molecule has 1 fully saturated rings. The van der Waals surface area contributed by atoms with Crippen molar-refractivity contribution < 1.29 is 17.7 Å². The van der Waals surface area contributed by atoms with Gasteiger partial charge in [-0.1, -0.05) is 18.5 Å². The maximum atomic E-state index is 12.4. The minimum Gasteiger partial charge on any atom is -0.338 e. The van der Waals surface area contributed by atoms with Gasteiger partial charge in [-0.15, -0.1) is 0 Å². The van der Waals surface area contributed by atoms with E-state index in [4.69, 9.17) is 4.52 Å². The highest BCUT2D eigenvalue weighted by Crippen LogP contribution is 2.24. The average molecular weight is 348 g/mol. The van der Waals surface area contributed by atoms with Crippen molar-refractivity contribution in [2.45, 2.75) is 64.7 Å².